The number of carbonyl (C=O) groups excluding carboxylic acids is 1. The van der Waals surface area contributed by atoms with Gasteiger partial charge in [0, 0.05) is 42.8 Å². The second kappa shape index (κ2) is 7.64. The van der Waals surface area contributed by atoms with Crippen molar-refractivity contribution < 1.29 is 4.79 Å². The fourth-order valence-electron chi connectivity index (χ4n) is 3.10. The summed E-state index contributed by atoms with van der Waals surface area (Å²) in [5, 5.41) is 5.19. The minimum absolute atomic E-state index is 0.0549. The van der Waals surface area contributed by atoms with E-state index < -0.39 is 0 Å². The molecule has 2 amide bonds. The number of urea groups is 1. The number of hydrogen-bond acceptors (Lipinski definition) is 3. The van der Waals surface area contributed by atoms with Gasteiger partial charge < -0.3 is 15.2 Å². The van der Waals surface area contributed by atoms with Crippen molar-refractivity contribution in [3.8, 4) is 0 Å². The highest BCUT2D eigenvalue weighted by atomic mass is 32.1. The van der Waals surface area contributed by atoms with Crippen LogP contribution in [-0.2, 0) is 6.42 Å². The molecule has 2 aromatic rings. The van der Waals surface area contributed by atoms with E-state index in [1.807, 2.05) is 11.1 Å². The van der Waals surface area contributed by atoms with Crippen LogP contribution in [0, 0.1) is 5.92 Å². The summed E-state index contributed by atoms with van der Waals surface area (Å²) in [5.74, 6) is 1.77. The van der Waals surface area contributed by atoms with Gasteiger partial charge >= 0.3 is 6.03 Å². The molecule has 3 heterocycles. The molecule has 0 unspecified atom stereocenters. The zero-order valence-electron chi connectivity index (χ0n) is 13.5. The number of amides is 2. The molecule has 0 saturated carbocycles. The Kier molecular flexibility index (Phi) is 5.33. The number of rotatable bonds is 5. The van der Waals surface area contributed by atoms with Crippen LogP contribution in [0.4, 0.5) is 4.79 Å². The number of piperidine rings is 1. The van der Waals surface area contributed by atoms with Crippen molar-refractivity contribution >= 4 is 17.4 Å². The zero-order chi connectivity index (χ0) is 16.1. The standard InChI is InChI=1S/C17H24N4OS/c1-13(10-15-5-3-9-23-15)11-20-17(22)21-8-2-4-14(12-21)16-18-6-7-19-16/h3,5-7,9,13-14H,2,4,8,10-12H2,1H3,(H,18,19)(H,20,22)/t13-,14-/m0/s1. The van der Waals surface area contributed by atoms with E-state index in [0.29, 0.717) is 11.8 Å². The Morgan fingerprint density at radius 2 is 2.52 bits per heavy atom. The lowest BCUT2D eigenvalue weighted by molar-refractivity contribution is 0.177. The van der Waals surface area contributed by atoms with E-state index >= 15 is 0 Å². The molecular formula is C17H24N4OS. The van der Waals surface area contributed by atoms with Crippen molar-refractivity contribution in [1.29, 1.82) is 0 Å². The van der Waals surface area contributed by atoms with Gasteiger partial charge in [-0.15, -0.1) is 11.3 Å². The topological polar surface area (TPSA) is 61.0 Å². The highest BCUT2D eigenvalue weighted by molar-refractivity contribution is 7.09. The van der Waals surface area contributed by atoms with Crippen molar-refractivity contribution in [2.75, 3.05) is 19.6 Å². The monoisotopic (exact) mass is 332 g/mol. The third-order valence-corrected chi connectivity index (χ3v) is 5.24. The van der Waals surface area contributed by atoms with E-state index in [4.69, 9.17) is 0 Å². The molecule has 6 heteroatoms. The lowest BCUT2D eigenvalue weighted by Crippen LogP contribution is -2.46. The summed E-state index contributed by atoms with van der Waals surface area (Å²) in [6, 6.07) is 4.29. The lowest BCUT2D eigenvalue weighted by Gasteiger charge is -2.32. The van der Waals surface area contributed by atoms with Crippen molar-refractivity contribution in [3.05, 3.63) is 40.6 Å². The Hall–Kier alpha value is -1.82. The van der Waals surface area contributed by atoms with Crippen molar-refractivity contribution in [3.63, 3.8) is 0 Å². The number of nitrogens with one attached hydrogen (secondary N) is 2. The van der Waals surface area contributed by atoms with Crippen LogP contribution < -0.4 is 5.32 Å². The third-order valence-electron chi connectivity index (χ3n) is 4.35. The predicted octanol–water partition coefficient (Wildman–Crippen LogP) is 3.24. The van der Waals surface area contributed by atoms with E-state index in [2.05, 4.69) is 39.7 Å². The van der Waals surface area contributed by atoms with Crippen molar-refractivity contribution in [2.24, 2.45) is 5.92 Å². The number of hydrogen-bond donors (Lipinski definition) is 2. The molecular weight excluding hydrogens is 308 g/mol. The van der Waals surface area contributed by atoms with E-state index in [-0.39, 0.29) is 6.03 Å². The maximum Gasteiger partial charge on any atom is 0.317 e. The molecule has 0 aromatic carbocycles. The predicted molar refractivity (Wildman–Crippen MR) is 92.7 cm³/mol. The molecule has 0 radical (unpaired) electrons. The quantitative estimate of drug-likeness (QED) is 0.883. The summed E-state index contributed by atoms with van der Waals surface area (Å²) in [4.78, 5) is 23.2. The molecule has 0 aliphatic carbocycles. The highest BCUT2D eigenvalue weighted by Gasteiger charge is 2.26. The van der Waals surface area contributed by atoms with Gasteiger partial charge in [-0.25, -0.2) is 9.78 Å². The summed E-state index contributed by atoms with van der Waals surface area (Å²) in [6.07, 6.45) is 6.77. The summed E-state index contributed by atoms with van der Waals surface area (Å²) in [6.45, 7) is 4.49. The SMILES string of the molecule is C[C@H](CNC(=O)N1CCC[C@H](c2ncc[nH]2)C1)Cc1cccs1. The average molecular weight is 332 g/mol. The van der Waals surface area contributed by atoms with Crippen LogP contribution in [0.15, 0.2) is 29.9 Å². The number of imidazole rings is 1. The molecule has 1 fully saturated rings. The van der Waals surface area contributed by atoms with Gasteiger partial charge in [-0.2, -0.15) is 0 Å². The Balaban J connectivity index is 1.46. The fourth-order valence-corrected chi connectivity index (χ4v) is 3.97. The van der Waals surface area contributed by atoms with E-state index in [9.17, 15) is 4.79 Å². The van der Waals surface area contributed by atoms with Gasteiger partial charge in [0.1, 0.15) is 5.82 Å². The van der Waals surface area contributed by atoms with Gasteiger partial charge in [-0.05, 0) is 36.6 Å². The lowest BCUT2D eigenvalue weighted by atomic mass is 9.97. The first-order chi connectivity index (χ1) is 11.2. The Morgan fingerprint density at radius 3 is 3.26 bits per heavy atom. The molecule has 3 rings (SSSR count). The number of aromatic nitrogens is 2. The summed E-state index contributed by atoms with van der Waals surface area (Å²) < 4.78 is 0. The van der Waals surface area contributed by atoms with Crippen LogP contribution in [0.3, 0.4) is 0 Å². The molecule has 1 aliphatic rings. The summed E-state index contributed by atoms with van der Waals surface area (Å²) in [5.41, 5.74) is 0. The highest BCUT2D eigenvalue weighted by Crippen LogP contribution is 2.24. The maximum absolute atomic E-state index is 12.4. The fraction of sp³-hybridized carbons (Fsp3) is 0.529. The van der Waals surface area contributed by atoms with Gasteiger partial charge in [0.05, 0.1) is 0 Å². The van der Waals surface area contributed by atoms with Crippen LogP contribution in [0.1, 0.15) is 36.4 Å². The number of carbonyl (C=O) groups is 1. The largest absolute Gasteiger partial charge is 0.348 e. The van der Waals surface area contributed by atoms with E-state index in [1.165, 1.54) is 4.88 Å². The Morgan fingerprint density at radius 1 is 1.61 bits per heavy atom. The minimum atomic E-state index is 0.0549. The summed E-state index contributed by atoms with van der Waals surface area (Å²) >= 11 is 1.78. The van der Waals surface area contributed by atoms with Crippen LogP contribution in [0.5, 0.6) is 0 Å². The molecule has 1 aliphatic heterocycles. The second-order valence-corrected chi connectivity index (χ2v) is 7.37. The number of H-pyrrole nitrogens is 1. The van der Waals surface area contributed by atoms with E-state index in [1.54, 1.807) is 17.5 Å². The van der Waals surface area contributed by atoms with Gasteiger partial charge in [-0.3, -0.25) is 0 Å². The summed E-state index contributed by atoms with van der Waals surface area (Å²) in [7, 11) is 0. The van der Waals surface area contributed by atoms with Crippen LogP contribution in [0.2, 0.25) is 0 Å². The van der Waals surface area contributed by atoms with Gasteiger partial charge in [0.2, 0.25) is 0 Å². The van der Waals surface area contributed by atoms with Crippen LogP contribution in [-0.4, -0.2) is 40.5 Å². The van der Waals surface area contributed by atoms with Gasteiger partial charge in [0.25, 0.3) is 0 Å². The first kappa shape index (κ1) is 16.1. The zero-order valence-corrected chi connectivity index (χ0v) is 14.3. The van der Waals surface area contributed by atoms with Gasteiger partial charge in [0.15, 0.2) is 0 Å². The molecule has 23 heavy (non-hydrogen) atoms. The van der Waals surface area contributed by atoms with Crippen molar-refractivity contribution in [1.82, 2.24) is 20.2 Å². The second-order valence-electron chi connectivity index (χ2n) is 6.33. The third kappa shape index (κ3) is 4.34. The van der Waals surface area contributed by atoms with Crippen molar-refractivity contribution in [2.45, 2.75) is 32.1 Å². The normalized spacial score (nSPS) is 19.5. The molecule has 0 bridgehead atoms. The maximum atomic E-state index is 12.4. The molecule has 2 atom stereocenters. The number of nitrogens with zero attached hydrogens (tertiary/aromatic N) is 2. The first-order valence-corrected chi connectivity index (χ1v) is 9.14. The molecule has 2 aromatic heterocycles. The number of aromatic amines is 1. The number of thiophene rings is 1. The van der Waals surface area contributed by atoms with Gasteiger partial charge in [-0.1, -0.05) is 13.0 Å². The van der Waals surface area contributed by atoms with Crippen LogP contribution >= 0.6 is 11.3 Å². The first-order valence-electron chi connectivity index (χ1n) is 8.27. The molecule has 124 valence electrons. The minimum Gasteiger partial charge on any atom is -0.348 e. The average Bonchev–Trinajstić information content (AvgIpc) is 3.26. The molecule has 0 spiro atoms. The Labute approximate surface area is 141 Å². The van der Waals surface area contributed by atoms with Crippen LogP contribution in [0.25, 0.3) is 0 Å². The smallest absolute Gasteiger partial charge is 0.317 e. The Bertz CT molecular complexity index is 596. The number of likely N-dealkylation sites (tertiary alicyclic amines) is 1. The molecule has 2 N–H and O–H groups in total. The molecule has 5 nitrogen and oxygen atoms in total. The van der Waals surface area contributed by atoms with E-state index in [0.717, 1.165) is 44.7 Å². The molecule has 1 saturated heterocycles.